The van der Waals surface area contributed by atoms with Crippen LogP contribution in [-0.4, -0.2) is 20.3 Å². The van der Waals surface area contributed by atoms with Gasteiger partial charge in [-0.3, -0.25) is 4.79 Å². The molecule has 3 heterocycles. The van der Waals surface area contributed by atoms with Crippen LogP contribution >= 0.6 is 23.2 Å². The molecule has 3 aromatic heterocycles. The normalized spacial score (nSPS) is 11.0. The first-order valence-corrected chi connectivity index (χ1v) is 8.25. The minimum atomic E-state index is -0.311. The number of amides is 1. The molecule has 0 saturated heterocycles. The number of fused-ring (bicyclic) bond motifs is 1. The van der Waals surface area contributed by atoms with Gasteiger partial charge in [0, 0.05) is 23.6 Å². The Bertz CT molecular complexity index is 1010. The first kappa shape index (κ1) is 15.7. The largest absolute Gasteiger partial charge is 0.340 e. The number of H-pyrrole nitrogens is 1. The van der Waals surface area contributed by atoms with Crippen molar-refractivity contribution >= 4 is 40.4 Å². The molecule has 4 aromatic rings. The van der Waals surface area contributed by atoms with Crippen molar-refractivity contribution in [1.82, 2.24) is 14.4 Å². The third-order valence-electron chi connectivity index (χ3n) is 3.77. The fourth-order valence-corrected chi connectivity index (χ4v) is 2.84. The van der Waals surface area contributed by atoms with Crippen LogP contribution in [0.1, 0.15) is 10.5 Å². The molecule has 0 aliphatic heterocycles. The number of benzene rings is 1. The maximum atomic E-state index is 12.2. The fourth-order valence-electron chi connectivity index (χ4n) is 2.52. The molecule has 0 saturated carbocycles. The lowest BCUT2D eigenvalue weighted by atomic mass is 10.1. The van der Waals surface area contributed by atoms with E-state index in [2.05, 4.69) is 15.3 Å². The van der Waals surface area contributed by atoms with Crippen LogP contribution in [0.15, 0.2) is 60.9 Å². The van der Waals surface area contributed by atoms with E-state index < -0.39 is 0 Å². The van der Waals surface area contributed by atoms with Crippen LogP contribution < -0.4 is 5.32 Å². The molecule has 0 aliphatic carbocycles. The summed E-state index contributed by atoms with van der Waals surface area (Å²) in [4.78, 5) is 19.5. The van der Waals surface area contributed by atoms with E-state index in [-0.39, 0.29) is 11.1 Å². The summed E-state index contributed by atoms with van der Waals surface area (Å²) in [6.45, 7) is 0. The zero-order chi connectivity index (χ0) is 17.4. The number of nitrogens with zero attached hydrogens (tertiary/aromatic N) is 2. The number of carbonyl (C=O) groups is 1. The molecule has 0 atom stereocenters. The summed E-state index contributed by atoms with van der Waals surface area (Å²) in [5.41, 5.74) is 3.69. The third kappa shape index (κ3) is 3.12. The number of rotatable bonds is 3. The average Bonchev–Trinajstić information content (AvgIpc) is 3.19. The standard InChI is InChI=1S/C18H12Cl2N4O/c19-13-9-14(23-17(13)20)18(25)21-12-6-4-11(5-7-12)15-10-24-8-2-1-3-16(24)22-15/h1-10,23H,(H,21,25). The van der Waals surface area contributed by atoms with Crippen molar-refractivity contribution in [3.63, 3.8) is 0 Å². The zero-order valence-electron chi connectivity index (χ0n) is 12.8. The van der Waals surface area contributed by atoms with E-state index in [1.54, 1.807) is 0 Å². The number of anilines is 1. The van der Waals surface area contributed by atoms with E-state index in [0.29, 0.717) is 16.4 Å². The van der Waals surface area contributed by atoms with Crippen LogP contribution in [0.25, 0.3) is 16.9 Å². The highest BCUT2D eigenvalue weighted by Gasteiger charge is 2.12. The number of halogens is 2. The van der Waals surface area contributed by atoms with E-state index in [0.717, 1.165) is 16.9 Å². The third-order valence-corrected chi connectivity index (χ3v) is 4.47. The molecule has 7 heteroatoms. The Labute approximate surface area is 153 Å². The predicted octanol–water partition coefficient (Wildman–Crippen LogP) is 4.89. The summed E-state index contributed by atoms with van der Waals surface area (Å²) < 4.78 is 1.96. The molecule has 124 valence electrons. The maximum absolute atomic E-state index is 12.2. The van der Waals surface area contributed by atoms with Crippen molar-refractivity contribution in [3.05, 3.63) is 76.8 Å². The number of pyridine rings is 1. The topological polar surface area (TPSA) is 62.2 Å². The van der Waals surface area contributed by atoms with Gasteiger partial charge in [-0.15, -0.1) is 0 Å². The highest BCUT2D eigenvalue weighted by Crippen LogP contribution is 2.24. The van der Waals surface area contributed by atoms with Crippen molar-refractivity contribution in [2.45, 2.75) is 0 Å². The monoisotopic (exact) mass is 370 g/mol. The van der Waals surface area contributed by atoms with E-state index >= 15 is 0 Å². The van der Waals surface area contributed by atoms with Gasteiger partial charge in [-0.2, -0.15) is 0 Å². The van der Waals surface area contributed by atoms with Gasteiger partial charge in [-0.25, -0.2) is 4.98 Å². The van der Waals surface area contributed by atoms with Gasteiger partial charge in [0.05, 0.1) is 10.7 Å². The highest BCUT2D eigenvalue weighted by molar-refractivity contribution is 6.41. The quantitative estimate of drug-likeness (QED) is 0.539. The van der Waals surface area contributed by atoms with Gasteiger partial charge in [0.25, 0.3) is 5.91 Å². The summed E-state index contributed by atoms with van der Waals surface area (Å²) in [7, 11) is 0. The Balaban J connectivity index is 1.54. The van der Waals surface area contributed by atoms with Gasteiger partial charge in [0.1, 0.15) is 16.5 Å². The number of aromatic amines is 1. The molecule has 0 aliphatic rings. The lowest BCUT2D eigenvalue weighted by Gasteiger charge is -2.04. The molecule has 0 spiro atoms. The fraction of sp³-hybridized carbons (Fsp3) is 0. The summed E-state index contributed by atoms with van der Waals surface area (Å²) in [6.07, 6.45) is 3.92. The van der Waals surface area contributed by atoms with Crippen LogP contribution in [0.3, 0.4) is 0 Å². The predicted molar refractivity (Wildman–Crippen MR) is 99.4 cm³/mol. The SMILES string of the molecule is O=C(Nc1ccc(-c2cn3ccccc3n2)cc1)c1cc(Cl)c(Cl)[nH]1. The smallest absolute Gasteiger partial charge is 0.272 e. The van der Waals surface area contributed by atoms with Crippen molar-refractivity contribution in [1.29, 1.82) is 0 Å². The summed E-state index contributed by atoms with van der Waals surface area (Å²) in [5.74, 6) is -0.311. The number of hydrogen-bond acceptors (Lipinski definition) is 2. The van der Waals surface area contributed by atoms with Gasteiger partial charge in [-0.1, -0.05) is 41.4 Å². The van der Waals surface area contributed by atoms with Gasteiger partial charge in [0.2, 0.25) is 0 Å². The van der Waals surface area contributed by atoms with Crippen molar-refractivity contribution in [3.8, 4) is 11.3 Å². The lowest BCUT2D eigenvalue weighted by molar-refractivity contribution is 0.102. The van der Waals surface area contributed by atoms with Gasteiger partial charge in [-0.05, 0) is 30.3 Å². The van der Waals surface area contributed by atoms with Crippen LogP contribution in [0.2, 0.25) is 10.2 Å². The van der Waals surface area contributed by atoms with Crippen LogP contribution in [-0.2, 0) is 0 Å². The minimum Gasteiger partial charge on any atom is -0.340 e. The molecule has 0 fully saturated rings. The maximum Gasteiger partial charge on any atom is 0.272 e. The van der Waals surface area contributed by atoms with E-state index in [4.69, 9.17) is 23.2 Å². The van der Waals surface area contributed by atoms with Crippen molar-refractivity contribution in [2.75, 3.05) is 5.32 Å². The molecule has 4 rings (SSSR count). The van der Waals surface area contributed by atoms with Crippen molar-refractivity contribution in [2.24, 2.45) is 0 Å². The number of imidazole rings is 1. The van der Waals surface area contributed by atoms with Crippen LogP contribution in [0.4, 0.5) is 5.69 Å². The summed E-state index contributed by atoms with van der Waals surface area (Å²) >= 11 is 11.7. The average molecular weight is 371 g/mol. The van der Waals surface area contributed by atoms with Crippen LogP contribution in [0.5, 0.6) is 0 Å². The second kappa shape index (κ2) is 6.27. The number of nitrogens with one attached hydrogen (secondary N) is 2. The summed E-state index contributed by atoms with van der Waals surface area (Å²) in [5, 5.41) is 3.35. The molecular formula is C18H12Cl2N4O. The van der Waals surface area contributed by atoms with Crippen molar-refractivity contribution < 1.29 is 4.79 Å². The van der Waals surface area contributed by atoms with E-state index in [9.17, 15) is 4.79 Å². The van der Waals surface area contributed by atoms with E-state index in [1.165, 1.54) is 6.07 Å². The second-order valence-corrected chi connectivity index (χ2v) is 6.25. The Morgan fingerprint density at radius 2 is 1.92 bits per heavy atom. The zero-order valence-corrected chi connectivity index (χ0v) is 14.3. The Morgan fingerprint density at radius 1 is 1.12 bits per heavy atom. The second-order valence-electron chi connectivity index (χ2n) is 5.47. The van der Waals surface area contributed by atoms with Gasteiger partial charge < -0.3 is 14.7 Å². The van der Waals surface area contributed by atoms with Crippen LogP contribution in [0, 0.1) is 0 Å². The summed E-state index contributed by atoms with van der Waals surface area (Å²) in [6, 6.07) is 14.8. The molecule has 0 radical (unpaired) electrons. The highest BCUT2D eigenvalue weighted by atomic mass is 35.5. The number of aromatic nitrogens is 3. The molecule has 0 unspecified atom stereocenters. The van der Waals surface area contributed by atoms with E-state index in [1.807, 2.05) is 59.3 Å². The Hall–Kier alpha value is -2.76. The minimum absolute atomic E-state index is 0.244. The molecule has 1 amide bonds. The molecule has 25 heavy (non-hydrogen) atoms. The lowest BCUT2D eigenvalue weighted by Crippen LogP contribution is -2.12. The molecule has 5 nitrogen and oxygen atoms in total. The first-order chi connectivity index (χ1) is 12.1. The first-order valence-electron chi connectivity index (χ1n) is 7.50. The molecule has 0 bridgehead atoms. The molecule has 1 aromatic carbocycles. The van der Waals surface area contributed by atoms with Gasteiger partial charge >= 0.3 is 0 Å². The number of hydrogen-bond donors (Lipinski definition) is 2. The Morgan fingerprint density at radius 3 is 2.60 bits per heavy atom. The molecule has 2 N–H and O–H groups in total. The number of carbonyl (C=O) groups excluding carboxylic acids is 1. The Kier molecular flexibility index (Phi) is 3.95. The van der Waals surface area contributed by atoms with Gasteiger partial charge in [0.15, 0.2) is 0 Å². The molecular weight excluding hydrogens is 359 g/mol.